The first-order valence-electron chi connectivity index (χ1n) is 8.34. The Kier molecular flexibility index (Phi) is 5.25. The maximum Gasteiger partial charge on any atom is 0.338 e. The molecule has 1 heterocycles. The van der Waals surface area contributed by atoms with Crippen LogP contribution in [0.4, 0.5) is 11.4 Å². The van der Waals surface area contributed by atoms with E-state index in [1.165, 1.54) is 12.1 Å². The van der Waals surface area contributed by atoms with Gasteiger partial charge in [0.15, 0.2) is 6.61 Å². The van der Waals surface area contributed by atoms with Gasteiger partial charge in [0.25, 0.3) is 11.6 Å². The van der Waals surface area contributed by atoms with Gasteiger partial charge in [0, 0.05) is 11.5 Å². The summed E-state index contributed by atoms with van der Waals surface area (Å²) in [5, 5.41) is 14.5. The number of ether oxygens (including phenoxy) is 1. The second-order valence-electron chi connectivity index (χ2n) is 6.08. The Balaban J connectivity index is 1.58. The Morgan fingerprint density at radius 2 is 2.00 bits per heavy atom. The van der Waals surface area contributed by atoms with Crippen molar-refractivity contribution < 1.29 is 23.7 Å². The summed E-state index contributed by atoms with van der Waals surface area (Å²) in [7, 11) is 0. The zero-order chi connectivity index (χ0) is 20.3. The van der Waals surface area contributed by atoms with Gasteiger partial charge in [-0.05, 0) is 31.2 Å². The third-order valence-electron chi connectivity index (χ3n) is 4.05. The van der Waals surface area contributed by atoms with Gasteiger partial charge in [-0.3, -0.25) is 14.9 Å². The molecule has 9 nitrogen and oxygen atoms in total. The molecular weight excluding hydrogens is 366 g/mol. The van der Waals surface area contributed by atoms with E-state index in [1.807, 2.05) is 30.3 Å². The van der Waals surface area contributed by atoms with Gasteiger partial charge in [-0.2, -0.15) is 0 Å². The van der Waals surface area contributed by atoms with Crippen molar-refractivity contribution in [1.82, 2.24) is 5.32 Å². The number of anilines is 1. The van der Waals surface area contributed by atoms with Crippen molar-refractivity contribution in [3.05, 3.63) is 70.0 Å². The van der Waals surface area contributed by atoms with E-state index in [4.69, 9.17) is 14.9 Å². The minimum absolute atomic E-state index is 0.0703. The van der Waals surface area contributed by atoms with Crippen LogP contribution < -0.4 is 11.1 Å². The molecule has 0 bridgehead atoms. The molecule has 1 aromatic heterocycles. The molecule has 28 heavy (non-hydrogen) atoms. The van der Waals surface area contributed by atoms with Gasteiger partial charge in [0.05, 0.1) is 16.5 Å². The zero-order valence-corrected chi connectivity index (χ0v) is 14.9. The zero-order valence-electron chi connectivity index (χ0n) is 14.9. The largest absolute Gasteiger partial charge is 0.459 e. The van der Waals surface area contributed by atoms with Gasteiger partial charge < -0.3 is 20.2 Å². The van der Waals surface area contributed by atoms with Gasteiger partial charge in [0.1, 0.15) is 17.0 Å². The number of carbonyl (C=O) groups excluding carboxylic acids is 2. The molecule has 0 aliphatic rings. The summed E-state index contributed by atoms with van der Waals surface area (Å²) in [4.78, 5) is 34.3. The Bertz CT molecular complexity index is 1030. The predicted octanol–water partition coefficient (Wildman–Crippen LogP) is 2.96. The fraction of sp³-hybridized carbons (Fsp3) is 0.158. The molecule has 3 N–H and O–H groups in total. The molecule has 0 aliphatic carbocycles. The Morgan fingerprint density at radius 1 is 1.25 bits per heavy atom. The molecule has 0 spiro atoms. The molecule has 3 aromatic rings. The minimum Gasteiger partial charge on any atom is -0.459 e. The lowest BCUT2D eigenvalue weighted by molar-refractivity contribution is -0.383. The SMILES string of the molecule is C[C@H](NC(=O)COC(=O)c1ccc(N)c([N+](=O)[O-])c1)c1cc2ccccc2o1. The van der Waals surface area contributed by atoms with Gasteiger partial charge in [0.2, 0.25) is 0 Å². The van der Waals surface area contributed by atoms with Crippen LogP contribution in [-0.2, 0) is 9.53 Å². The fourth-order valence-electron chi connectivity index (χ4n) is 2.61. The molecule has 1 atom stereocenters. The van der Waals surface area contributed by atoms with Gasteiger partial charge in [-0.25, -0.2) is 4.79 Å². The number of hydrogen-bond acceptors (Lipinski definition) is 7. The standard InChI is InChI=1S/C19H17N3O6/c1-11(17-9-12-4-2-3-5-16(12)28-17)21-18(23)10-27-19(24)13-6-7-14(20)15(8-13)22(25)26/h2-9,11H,10,20H2,1H3,(H,21,23)/t11-/m0/s1. The highest BCUT2D eigenvalue weighted by atomic mass is 16.6. The van der Waals surface area contributed by atoms with E-state index in [9.17, 15) is 19.7 Å². The number of esters is 1. The van der Waals surface area contributed by atoms with Gasteiger partial charge >= 0.3 is 5.97 Å². The molecule has 0 saturated carbocycles. The molecule has 9 heteroatoms. The van der Waals surface area contributed by atoms with E-state index in [0.29, 0.717) is 11.3 Å². The smallest absolute Gasteiger partial charge is 0.338 e. The van der Waals surface area contributed by atoms with Crippen LogP contribution in [0.3, 0.4) is 0 Å². The first-order valence-corrected chi connectivity index (χ1v) is 8.34. The van der Waals surface area contributed by atoms with E-state index < -0.39 is 35.1 Å². The number of nitrogens with two attached hydrogens (primary N) is 1. The molecule has 2 aromatic carbocycles. The number of nitrogens with zero attached hydrogens (tertiary/aromatic N) is 1. The van der Waals surface area contributed by atoms with E-state index in [1.54, 1.807) is 6.92 Å². The number of amides is 1. The second kappa shape index (κ2) is 7.78. The molecule has 0 radical (unpaired) electrons. The number of para-hydroxylation sites is 1. The van der Waals surface area contributed by atoms with Crippen LogP contribution in [0.15, 0.2) is 52.9 Å². The lowest BCUT2D eigenvalue weighted by atomic mass is 10.2. The molecular formula is C19H17N3O6. The third-order valence-corrected chi connectivity index (χ3v) is 4.05. The first kappa shape index (κ1) is 18.9. The monoisotopic (exact) mass is 383 g/mol. The van der Waals surface area contributed by atoms with Crippen LogP contribution in [0.1, 0.15) is 29.1 Å². The molecule has 3 rings (SSSR count). The van der Waals surface area contributed by atoms with Gasteiger partial charge in [-0.1, -0.05) is 18.2 Å². The fourth-order valence-corrected chi connectivity index (χ4v) is 2.61. The summed E-state index contributed by atoms with van der Waals surface area (Å²) in [6.07, 6.45) is 0. The third kappa shape index (κ3) is 4.09. The average molecular weight is 383 g/mol. The average Bonchev–Trinajstić information content (AvgIpc) is 3.10. The maximum absolute atomic E-state index is 12.0. The van der Waals surface area contributed by atoms with E-state index in [2.05, 4.69) is 5.32 Å². The lowest BCUT2D eigenvalue weighted by Gasteiger charge is -2.11. The normalized spacial score (nSPS) is 11.8. The molecule has 0 unspecified atom stereocenters. The van der Waals surface area contributed by atoms with Crippen molar-refractivity contribution in [1.29, 1.82) is 0 Å². The Labute approximate surface area is 159 Å². The van der Waals surface area contributed by atoms with Crippen LogP contribution in [0, 0.1) is 10.1 Å². The lowest BCUT2D eigenvalue weighted by Crippen LogP contribution is -2.31. The van der Waals surface area contributed by atoms with E-state index >= 15 is 0 Å². The number of fused-ring (bicyclic) bond motifs is 1. The quantitative estimate of drug-likeness (QED) is 0.289. The Morgan fingerprint density at radius 3 is 2.71 bits per heavy atom. The van der Waals surface area contributed by atoms with Gasteiger partial charge in [-0.15, -0.1) is 0 Å². The first-order chi connectivity index (χ1) is 13.3. The van der Waals surface area contributed by atoms with Crippen LogP contribution in [0.5, 0.6) is 0 Å². The van der Waals surface area contributed by atoms with Crippen molar-refractivity contribution in [3.63, 3.8) is 0 Å². The molecule has 0 aliphatic heterocycles. The van der Waals surface area contributed by atoms with Crippen LogP contribution >= 0.6 is 0 Å². The summed E-state index contributed by atoms with van der Waals surface area (Å²) in [6, 6.07) is 12.4. The number of rotatable bonds is 6. The topological polar surface area (TPSA) is 138 Å². The molecule has 1 amide bonds. The number of nitrogen functional groups attached to an aromatic ring is 1. The van der Waals surface area contributed by atoms with E-state index in [0.717, 1.165) is 11.5 Å². The number of nitrogens with one attached hydrogen (secondary N) is 1. The summed E-state index contributed by atoms with van der Waals surface area (Å²) < 4.78 is 10.6. The maximum atomic E-state index is 12.0. The Hall–Kier alpha value is -3.88. The van der Waals surface area contributed by atoms with Crippen molar-refractivity contribution in [3.8, 4) is 0 Å². The number of hydrogen-bond donors (Lipinski definition) is 2. The number of benzene rings is 2. The number of nitro benzene ring substituents is 1. The summed E-state index contributed by atoms with van der Waals surface area (Å²) in [5.74, 6) is -0.837. The number of carbonyl (C=O) groups is 2. The van der Waals surface area contributed by atoms with Crippen LogP contribution in [-0.4, -0.2) is 23.4 Å². The summed E-state index contributed by atoms with van der Waals surface area (Å²) >= 11 is 0. The number of furan rings is 1. The summed E-state index contributed by atoms with van der Waals surface area (Å²) in [6.45, 7) is 1.20. The van der Waals surface area contributed by atoms with Crippen LogP contribution in [0.25, 0.3) is 11.0 Å². The highest BCUT2D eigenvalue weighted by Gasteiger charge is 2.19. The highest BCUT2D eigenvalue weighted by molar-refractivity contribution is 5.92. The van der Waals surface area contributed by atoms with Crippen molar-refractivity contribution in [2.24, 2.45) is 0 Å². The molecule has 0 fully saturated rings. The molecule has 144 valence electrons. The second-order valence-corrected chi connectivity index (χ2v) is 6.08. The van der Waals surface area contributed by atoms with Crippen molar-refractivity contribution in [2.75, 3.05) is 12.3 Å². The minimum atomic E-state index is -0.866. The highest BCUT2D eigenvalue weighted by Crippen LogP contribution is 2.24. The summed E-state index contributed by atoms with van der Waals surface area (Å²) in [5.41, 5.74) is 5.64. The number of nitro groups is 1. The van der Waals surface area contributed by atoms with Crippen molar-refractivity contribution in [2.45, 2.75) is 13.0 Å². The van der Waals surface area contributed by atoms with Crippen LogP contribution in [0.2, 0.25) is 0 Å². The van der Waals surface area contributed by atoms with Crippen molar-refractivity contribution >= 4 is 34.2 Å². The molecule has 0 saturated heterocycles. The van der Waals surface area contributed by atoms with E-state index in [-0.39, 0.29) is 11.3 Å². The predicted molar refractivity (Wildman–Crippen MR) is 101 cm³/mol.